The van der Waals surface area contributed by atoms with Gasteiger partial charge in [-0.2, -0.15) is 0 Å². The smallest absolute Gasteiger partial charge is 0.243 e. The molecule has 0 unspecified atom stereocenters. The normalized spacial score (nSPS) is 15.2. The first-order valence-electron chi connectivity index (χ1n) is 8.79. The zero-order chi connectivity index (χ0) is 17.9. The number of aromatic nitrogens is 2. The zero-order valence-electron chi connectivity index (χ0n) is 14.4. The number of amides is 2. The number of carbonyl (C=O) groups is 2. The Hall–Kier alpha value is -2.67. The van der Waals surface area contributed by atoms with Gasteiger partial charge in [0.05, 0.1) is 12.2 Å². The van der Waals surface area contributed by atoms with Crippen LogP contribution in [0.4, 0.5) is 5.69 Å². The van der Waals surface area contributed by atoms with Crippen molar-refractivity contribution in [3.63, 3.8) is 0 Å². The SMILES string of the molecule is O=C(CN1CCCCCC1=O)Nc1ccc(-c2cn3ccsc3n2)cc1. The quantitative estimate of drug-likeness (QED) is 0.767. The minimum Gasteiger partial charge on any atom is -0.333 e. The van der Waals surface area contributed by atoms with E-state index >= 15 is 0 Å². The lowest BCUT2D eigenvalue weighted by atomic mass is 10.1. The van der Waals surface area contributed by atoms with E-state index < -0.39 is 0 Å². The topological polar surface area (TPSA) is 66.7 Å². The van der Waals surface area contributed by atoms with Crippen LogP contribution in [0, 0.1) is 0 Å². The van der Waals surface area contributed by atoms with E-state index in [0.29, 0.717) is 13.0 Å². The van der Waals surface area contributed by atoms with Crippen molar-refractivity contribution >= 4 is 33.8 Å². The van der Waals surface area contributed by atoms with E-state index in [4.69, 9.17) is 0 Å². The number of hydrogen-bond donors (Lipinski definition) is 1. The lowest BCUT2D eigenvalue weighted by molar-refractivity contribution is -0.134. The van der Waals surface area contributed by atoms with Crippen molar-refractivity contribution < 1.29 is 9.59 Å². The first-order valence-corrected chi connectivity index (χ1v) is 9.67. The molecule has 134 valence electrons. The number of thiazole rings is 1. The molecule has 3 heterocycles. The van der Waals surface area contributed by atoms with Crippen molar-refractivity contribution in [1.82, 2.24) is 14.3 Å². The predicted molar refractivity (Wildman–Crippen MR) is 102 cm³/mol. The van der Waals surface area contributed by atoms with E-state index in [1.165, 1.54) is 0 Å². The number of fused-ring (bicyclic) bond motifs is 1. The molecule has 1 fully saturated rings. The monoisotopic (exact) mass is 368 g/mol. The molecule has 1 saturated heterocycles. The van der Waals surface area contributed by atoms with Crippen LogP contribution in [0.3, 0.4) is 0 Å². The molecule has 26 heavy (non-hydrogen) atoms. The highest BCUT2D eigenvalue weighted by Gasteiger charge is 2.19. The van der Waals surface area contributed by atoms with Gasteiger partial charge in [-0.25, -0.2) is 4.98 Å². The molecule has 1 aromatic carbocycles. The van der Waals surface area contributed by atoms with Gasteiger partial charge in [-0.15, -0.1) is 11.3 Å². The molecule has 1 N–H and O–H groups in total. The van der Waals surface area contributed by atoms with Crippen LogP contribution in [0.1, 0.15) is 25.7 Å². The van der Waals surface area contributed by atoms with Crippen molar-refractivity contribution in [3.8, 4) is 11.3 Å². The molecule has 2 aromatic heterocycles. The van der Waals surface area contributed by atoms with Crippen LogP contribution in [0.2, 0.25) is 0 Å². The molecule has 0 spiro atoms. The number of likely N-dealkylation sites (tertiary alicyclic amines) is 1. The molecule has 0 atom stereocenters. The van der Waals surface area contributed by atoms with Crippen LogP contribution >= 0.6 is 11.3 Å². The molecule has 0 aliphatic carbocycles. The van der Waals surface area contributed by atoms with E-state index in [1.807, 2.05) is 46.4 Å². The molecule has 7 heteroatoms. The van der Waals surface area contributed by atoms with Crippen LogP contribution in [0.15, 0.2) is 42.0 Å². The lowest BCUT2D eigenvalue weighted by Crippen LogP contribution is -2.37. The highest BCUT2D eigenvalue weighted by atomic mass is 32.1. The Kier molecular flexibility index (Phi) is 4.71. The Labute approximate surface area is 155 Å². The second-order valence-corrected chi connectivity index (χ2v) is 7.34. The van der Waals surface area contributed by atoms with Gasteiger partial charge in [0.15, 0.2) is 4.96 Å². The molecule has 1 aliphatic rings. The fourth-order valence-corrected chi connectivity index (χ4v) is 3.87. The number of nitrogens with zero attached hydrogens (tertiary/aromatic N) is 3. The number of hydrogen-bond acceptors (Lipinski definition) is 4. The summed E-state index contributed by atoms with van der Waals surface area (Å²) >= 11 is 1.60. The molecule has 1 aliphatic heterocycles. The maximum Gasteiger partial charge on any atom is 0.243 e. The Morgan fingerprint density at radius 2 is 2.04 bits per heavy atom. The molecular formula is C19H20N4O2S. The number of anilines is 1. The number of nitrogens with one attached hydrogen (secondary N) is 1. The van der Waals surface area contributed by atoms with E-state index in [-0.39, 0.29) is 18.4 Å². The summed E-state index contributed by atoms with van der Waals surface area (Å²) in [6.07, 6.45) is 7.46. The van der Waals surface area contributed by atoms with Gasteiger partial charge in [0.1, 0.15) is 0 Å². The van der Waals surface area contributed by atoms with Gasteiger partial charge < -0.3 is 10.2 Å². The van der Waals surface area contributed by atoms with E-state index in [9.17, 15) is 9.59 Å². The van der Waals surface area contributed by atoms with Crippen molar-refractivity contribution in [1.29, 1.82) is 0 Å². The van der Waals surface area contributed by atoms with Crippen LogP contribution < -0.4 is 5.32 Å². The van der Waals surface area contributed by atoms with Gasteiger partial charge in [0.25, 0.3) is 0 Å². The van der Waals surface area contributed by atoms with E-state index in [0.717, 1.165) is 41.2 Å². The number of carbonyl (C=O) groups excluding carboxylic acids is 2. The molecular weight excluding hydrogens is 348 g/mol. The van der Waals surface area contributed by atoms with E-state index in [2.05, 4.69) is 10.3 Å². The molecule has 2 amide bonds. The second kappa shape index (κ2) is 7.29. The van der Waals surface area contributed by atoms with Gasteiger partial charge in [0.2, 0.25) is 11.8 Å². The summed E-state index contributed by atoms with van der Waals surface area (Å²) in [5.74, 6) is -0.0803. The van der Waals surface area contributed by atoms with Crippen molar-refractivity contribution in [2.24, 2.45) is 0 Å². The minimum absolute atomic E-state index is 0.0766. The largest absolute Gasteiger partial charge is 0.333 e. The average molecular weight is 368 g/mol. The Morgan fingerprint density at radius 3 is 2.85 bits per heavy atom. The van der Waals surface area contributed by atoms with Gasteiger partial charge >= 0.3 is 0 Å². The van der Waals surface area contributed by atoms with Crippen molar-refractivity contribution in [2.75, 3.05) is 18.4 Å². The summed E-state index contributed by atoms with van der Waals surface area (Å²) in [7, 11) is 0. The van der Waals surface area contributed by atoms with Gasteiger partial charge in [-0.05, 0) is 25.0 Å². The summed E-state index contributed by atoms with van der Waals surface area (Å²) in [6, 6.07) is 7.62. The molecule has 0 radical (unpaired) electrons. The number of rotatable bonds is 4. The fourth-order valence-electron chi connectivity index (χ4n) is 3.17. The summed E-state index contributed by atoms with van der Waals surface area (Å²) < 4.78 is 1.99. The zero-order valence-corrected chi connectivity index (χ0v) is 15.2. The van der Waals surface area contributed by atoms with Crippen LogP contribution in [-0.2, 0) is 9.59 Å². The number of benzene rings is 1. The van der Waals surface area contributed by atoms with Crippen molar-refractivity contribution in [2.45, 2.75) is 25.7 Å². The molecule has 0 saturated carbocycles. The standard InChI is InChI=1S/C19H20N4O2S/c24-17(13-22-9-3-1-2-4-18(22)25)20-15-7-5-14(6-8-15)16-12-23-10-11-26-19(23)21-16/h5-8,10-12H,1-4,9,13H2,(H,20,24). The Morgan fingerprint density at radius 1 is 1.19 bits per heavy atom. The molecule has 6 nitrogen and oxygen atoms in total. The summed E-state index contributed by atoms with van der Waals surface area (Å²) in [6.45, 7) is 0.792. The summed E-state index contributed by atoms with van der Waals surface area (Å²) in [5, 5.41) is 4.87. The molecule has 4 rings (SSSR count). The maximum absolute atomic E-state index is 12.3. The molecule has 0 bridgehead atoms. The maximum atomic E-state index is 12.3. The Balaban J connectivity index is 1.39. The average Bonchev–Trinajstić information content (AvgIpc) is 3.17. The Bertz CT molecular complexity index is 900. The highest BCUT2D eigenvalue weighted by Crippen LogP contribution is 2.23. The highest BCUT2D eigenvalue weighted by molar-refractivity contribution is 7.15. The summed E-state index contributed by atoms with van der Waals surface area (Å²) in [4.78, 5) is 31.4. The van der Waals surface area contributed by atoms with E-state index in [1.54, 1.807) is 16.2 Å². The van der Waals surface area contributed by atoms with Crippen LogP contribution in [0.5, 0.6) is 0 Å². The lowest BCUT2D eigenvalue weighted by Gasteiger charge is -2.19. The molecule has 3 aromatic rings. The third-order valence-corrected chi connectivity index (χ3v) is 5.33. The van der Waals surface area contributed by atoms with Crippen LogP contribution in [0.25, 0.3) is 16.2 Å². The third-order valence-electron chi connectivity index (χ3n) is 4.56. The van der Waals surface area contributed by atoms with Gasteiger partial charge in [-0.1, -0.05) is 18.6 Å². The summed E-state index contributed by atoms with van der Waals surface area (Å²) in [5.41, 5.74) is 2.63. The fraction of sp³-hybridized carbons (Fsp3) is 0.316. The predicted octanol–water partition coefficient (Wildman–Crippen LogP) is 3.40. The number of imidazole rings is 1. The third kappa shape index (κ3) is 3.62. The second-order valence-electron chi connectivity index (χ2n) is 6.47. The minimum atomic E-state index is -0.157. The van der Waals surface area contributed by atoms with Gasteiger partial charge in [-0.3, -0.25) is 14.0 Å². The first kappa shape index (κ1) is 16.8. The van der Waals surface area contributed by atoms with Gasteiger partial charge in [0, 0.05) is 42.0 Å². The van der Waals surface area contributed by atoms with Crippen molar-refractivity contribution in [3.05, 3.63) is 42.0 Å². The first-order chi connectivity index (χ1) is 12.7. The van der Waals surface area contributed by atoms with Crippen LogP contribution in [-0.4, -0.2) is 39.2 Å².